The molecule has 0 amide bonds. The van der Waals surface area contributed by atoms with Crippen molar-refractivity contribution in [3.05, 3.63) is 83.2 Å². The summed E-state index contributed by atoms with van der Waals surface area (Å²) in [6.07, 6.45) is -7.56. The van der Waals surface area contributed by atoms with Crippen LogP contribution in [0.1, 0.15) is 48.0 Å². The highest BCUT2D eigenvalue weighted by Crippen LogP contribution is 2.43. The van der Waals surface area contributed by atoms with Crippen LogP contribution in [0.3, 0.4) is 0 Å². The van der Waals surface area contributed by atoms with E-state index >= 15 is 0 Å². The molecule has 1 atom stereocenters. The van der Waals surface area contributed by atoms with Crippen molar-refractivity contribution in [1.29, 1.82) is 10.5 Å². The maximum atomic E-state index is 14.2. The molecule has 52 heavy (non-hydrogen) atoms. The molecule has 0 bridgehead atoms. The van der Waals surface area contributed by atoms with Crippen LogP contribution in [-0.4, -0.2) is 53.8 Å². The summed E-state index contributed by atoms with van der Waals surface area (Å²) >= 11 is 0. The van der Waals surface area contributed by atoms with Crippen LogP contribution in [-0.2, 0) is 17.1 Å². The molecular formula is C34H22F6N8O4. The summed E-state index contributed by atoms with van der Waals surface area (Å²) in [5.41, 5.74) is -4.42. The molecule has 1 unspecified atom stereocenters. The van der Waals surface area contributed by atoms with Crippen LogP contribution >= 0.6 is 0 Å². The van der Waals surface area contributed by atoms with E-state index in [1.165, 1.54) is 32.0 Å². The Labute approximate surface area is 288 Å². The lowest BCUT2D eigenvalue weighted by Crippen LogP contribution is -2.22. The fourth-order valence-electron chi connectivity index (χ4n) is 5.80. The molecule has 0 fully saturated rings. The number of rotatable bonds is 9. The van der Waals surface area contributed by atoms with Crippen LogP contribution in [0.5, 0.6) is 11.5 Å². The Morgan fingerprint density at radius 2 is 1.44 bits per heavy atom. The van der Waals surface area contributed by atoms with Crippen molar-refractivity contribution in [3.63, 3.8) is 0 Å². The zero-order valence-electron chi connectivity index (χ0n) is 26.8. The van der Waals surface area contributed by atoms with E-state index in [1.54, 1.807) is 0 Å². The third-order valence-electron chi connectivity index (χ3n) is 7.91. The number of hydrogen-bond donors (Lipinski definition) is 2. The average molecular weight is 721 g/mol. The predicted molar refractivity (Wildman–Crippen MR) is 170 cm³/mol. The topological polar surface area (TPSA) is 176 Å². The largest absolute Gasteiger partial charge is 0.493 e. The van der Waals surface area contributed by atoms with E-state index in [0.717, 1.165) is 35.4 Å². The minimum Gasteiger partial charge on any atom is -0.493 e. The first-order valence-electron chi connectivity index (χ1n) is 15.2. The Balaban J connectivity index is 1.64. The molecule has 0 aliphatic heterocycles. The lowest BCUT2D eigenvalue weighted by molar-refractivity contribution is -0.140. The van der Waals surface area contributed by atoms with Crippen LogP contribution in [0.4, 0.5) is 26.3 Å². The van der Waals surface area contributed by atoms with E-state index in [1.807, 2.05) is 12.1 Å². The molecule has 4 aromatic heterocycles. The molecule has 2 aromatic carbocycles. The quantitative estimate of drug-likeness (QED) is 0.144. The number of nitrogens with one attached hydrogen (secondary N) is 1. The Morgan fingerprint density at radius 1 is 0.865 bits per heavy atom. The van der Waals surface area contributed by atoms with Crippen molar-refractivity contribution in [1.82, 2.24) is 29.5 Å². The monoisotopic (exact) mass is 720 g/mol. The highest BCUT2D eigenvalue weighted by molar-refractivity contribution is 5.95. The number of ether oxygens (including phenoxy) is 2. The Bertz CT molecular complexity index is 2460. The van der Waals surface area contributed by atoms with Crippen LogP contribution in [0.2, 0.25) is 0 Å². The zero-order chi connectivity index (χ0) is 37.5. The maximum absolute atomic E-state index is 14.2. The van der Waals surface area contributed by atoms with Gasteiger partial charge in [-0.2, -0.15) is 36.9 Å². The molecule has 0 radical (unpaired) electrons. The van der Waals surface area contributed by atoms with E-state index in [-0.39, 0.29) is 74.7 Å². The fraction of sp³-hybridized carbons (Fsp3) is 0.206. The van der Waals surface area contributed by atoms with Crippen molar-refractivity contribution < 1.29 is 45.7 Å². The summed E-state index contributed by atoms with van der Waals surface area (Å²) in [7, 11) is 0. The molecule has 4 heterocycles. The number of pyridine rings is 2. The molecular weight excluding hydrogens is 698 g/mol. The Morgan fingerprint density at radius 3 is 2.00 bits per heavy atom. The van der Waals surface area contributed by atoms with E-state index in [2.05, 4.69) is 24.9 Å². The lowest BCUT2D eigenvalue weighted by atomic mass is 9.95. The first-order valence-corrected chi connectivity index (χ1v) is 15.2. The van der Waals surface area contributed by atoms with Crippen LogP contribution < -0.4 is 9.47 Å². The van der Waals surface area contributed by atoms with Crippen molar-refractivity contribution in [2.75, 3.05) is 13.2 Å². The van der Waals surface area contributed by atoms with Crippen molar-refractivity contribution in [2.24, 2.45) is 0 Å². The third kappa shape index (κ3) is 6.15. The van der Waals surface area contributed by atoms with Gasteiger partial charge < -0.3 is 24.1 Å². The average Bonchev–Trinajstić information content (AvgIpc) is 3.76. The van der Waals surface area contributed by atoms with Crippen molar-refractivity contribution in [3.8, 4) is 46.2 Å². The minimum absolute atomic E-state index is 0.0506. The summed E-state index contributed by atoms with van der Waals surface area (Å²) < 4.78 is 96.1. The first kappa shape index (κ1) is 35.1. The van der Waals surface area contributed by atoms with Gasteiger partial charge in [0.15, 0.2) is 17.4 Å². The maximum Gasteiger partial charge on any atom is 0.419 e. The molecule has 264 valence electrons. The highest BCUT2D eigenvalue weighted by Gasteiger charge is 2.38. The second kappa shape index (κ2) is 13.2. The van der Waals surface area contributed by atoms with Gasteiger partial charge in [0, 0.05) is 16.7 Å². The second-order valence-electron chi connectivity index (χ2n) is 11.0. The van der Waals surface area contributed by atoms with E-state index in [9.17, 15) is 46.8 Å². The minimum atomic E-state index is -4.91. The third-order valence-corrected chi connectivity index (χ3v) is 7.91. The number of aliphatic carboxylic acids is 1. The smallest absolute Gasteiger partial charge is 0.419 e. The number of benzene rings is 2. The fourth-order valence-corrected chi connectivity index (χ4v) is 5.80. The first-order chi connectivity index (χ1) is 24.7. The number of fused-ring (bicyclic) bond motifs is 2. The second-order valence-corrected chi connectivity index (χ2v) is 11.0. The number of halogens is 6. The van der Waals surface area contributed by atoms with Gasteiger partial charge in [0.25, 0.3) is 0 Å². The van der Waals surface area contributed by atoms with Gasteiger partial charge in [0.2, 0.25) is 0 Å². The number of aromatic nitrogens is 6. The number of carboxylic acid groups (broad SMARTS) is 1. The summed E-state index contributed by atoms with van der Waals surface area (Å²) in [6.45, 7) is 2.87. The molecule has 6 rings (SSSR count). The van der Waals surface area contributed by atoms with Crippen molar-refractivity contribution in [2.45, 2.75) is 32.2 Å². The number of carbonyl (C=O) groups is 1. The van der Waals surface area contributed by atoms with Crippen LogP contribution in [0.25, 0.3) is 44.6 Å². The van der Waals surface area contributed by atoms with Gasteiger partial charge in [0.05, 0.1) is 59.4 Å². The molecule has 0 aliphatic rings. The lowest BCUT2D eigenvalue weighted by Gasteiger charge is -2.21. The molecule has 12 nitrogen and oxygen atoms in total. The number of hydrogen-bond acceptors (Lipinski definition) is 9. The number of aromatic amines is 1. The molecule has 0 saturated heterocycles. The highest BCUT2D eigenvalue weighted by atomic mass is 19.4. The Kier molecular flexibility index (Phi) is 8.93. The number of H-pyrrole nitrogens is 1. The molecule has 18 heteroatoms. The zero-order valence-corrected chi connectivity index (χ0v) is 26.8. The van der Waals surface area contributed by atoms with Gasteiger partial charge in [-0.3, -0.25) is 0 Å². The number of alkyl halides is 6. The summed E-state index contributed by atoms with van der Waals surface area (Å²) in [6, 6.07) is 9.14. The number of carboxylic acids is 1. The number of nitriles is 2. The number of imidazole rings is 2. The molecule has 0 saturated carbocycles. The summed E-state index contributed by atoms with van der Waals surface area (Å²) in [4.78, 5) is 32.8. The van der Waals surface area contributed by atoms with Gasteiger partial charge in [-0.05, 0) is 56.3 Å². The van der Waals surface area contributed by atoms with Gasteiger partial charge in [-0.25, -0.2) is 24.7 Å². The predicted octanol–water partition coefficient (Wildman–Crippen LogP) is 7.29. The van der Waals surface area contributed by atoms with E-state index in [4.69, 9.17) is 9.47 Å². The molecule has 0 aliphatic carbocycles. The molecule has 6 aromatic rings. The van der Waals surface area contributed by atoms with Gasteiger partial charge in [-0.1, -0.05) is 0 Å². The van der Waals surface area contributed by atoms with Gasteiger partial charge in [-0.15, -0.1) is 0 Å². The molecule has 0 spiro atoms. The standard InChI is InChI=1S/C34H22F6N8O4/c1-3-51-24-7-5-16(9-18(24)33(35,36)37)20-11-23-28(21(12-41)46-20)45-15-48(23)31(32(49)50)26-27(47-22(13-42)29-30(26)44-14-43-29)17-6-8-25(52-4-2)19(10-17)34(38,39)40/h5-11,14-15,31H,3-4H2,1-2H3,(H,43,44)(H,49,50). The summed E-state index contributed by atoms with van der Waals surface area (Å²) in [5, 5.41) is 30.6. The Hall–Kier alpha value is -6.69. The summed E-state index contributed by atoms with van der Waals surface area (Å²) in [5.74, 6) is -2.52. The van der Waals surface area contributed by atoms with Crippen molar-refractivity contribution >= 4 is 28.0 Å². The van der Waals surface area contributed by atoms with Gasteiger partial charge >= 0.3 is 18.3 Å². The van der Waals surface area contributed by atoms with Crippen LogP contribution in [0, 0.1) is 22.7 Å². The van der Waals surface area contributed by atoms with E-state index < -0.39 is 47.0 Å². The van der Waals surface area contributed by atoms with Crippen LogP contribution in [0.15, 0.2) is 55.1 Å². The normalized spacial score (nSPS) is 12.4. The van der Waals surface area contributed by atoms with Gasteiger partial charge in [0.1, 0.15) is 34.7 Å². The number of nitrogens with zero attached hydrogens (tertiary/aromatic N) is 7. The van der Waals surface area contributed by atoms with E-state index in [0.29, 0.717) is 6.07 Å². The molecule has 2 N–H and O–H groups in total. The SMILES string of the molecule is CCOc1ccc(-c2cc3c(ncn3C(C(=O)O)c3c(-c4ccc(OCC)c(C(F)(F)F)c4)nc(C#N)c4nc[nH]c34)c(C#N)n2)cc1C(F)(F)F.